The number of aromatic nitrogens is 1. The van der Waals surface area contributed by atoms with Gasteiger partial charge in [-0.3, -0.25) is 0 Å². The monoisotopic (exact) mass is 275 g/mol. The van der Waals surface area contributed by atoms with E-state index in [0.29, 0.717) is 17.4 Å². The number of hydrogen-bond acceptors (Lipinski definition) is 4. The van der Waals surface area contributed by atoms with Crippen LogP contribution in [0, 0.1) is 0 Å². The van der Waals surface area contributed by atoms with Crippen molar-refractivity contribution in [3.8, 4) is 5.75 Å². The first kappa shape index (κ1) is 13.4. The summed E-state index contributed by atoms with van der Waals surface area (Å²) in [7, 11) is 0. The minimum Gasteiger partial charge on any atom is -0.493 e. The lowest BCUT2D eigenvalue weighted by molar-refractivity contribution is 0.0696. The molecular formula is C14H13NO3S. The molecule has 1 heterocycles. The summed E-state index contributed by atoms with van der Waals surface area (Å²) in [5.41, 5.74) is 0.251. The average Bonchev–Trinajstić information content (AvgIpc) is 2.45. The number of nitrogens with zero attached hydrogens (tertiary/aromatic N) is 1. The highest BCUT2D eigenvalue weighted by Crippen LogP contribution is 2.17. The van der Waals surface area contributed by atoms with Crippen molar-refractivity contribution in [2.45, 2.75) is 5.03 Å². The number of carboxylic acid groups (broad SMARTS) is 1. The lowest BCUT2D eigenvalue weighted by Gasteiger charge is -2.05. The topological polar surface area (TPSA) is 59.4 Å². The Morgan fingerprint density at radius 1 is 1.26 bits per heavy atom. The molecule has 0 aliphatic carbocycles. The number of pyridine rings is 1. The molecule has 2 rings (SSSR count). The van der Waals surface area contributed by atoms with E-state index in [1.807, 2.05) is 30.3 Å². The van der Waals surface area contributed by atoms with Crippen LogP contribution in [0.2, 0.25) is 0 Å². The normalized spacial score (nSPS) is 10.1. The summed E-state index contributed by atoms with van der Waals surface area (Å²) in [5, 5.41) is 9.56. The van der Waals surface area contributed by atoms with Gasteiger partial charge in [0.1, 0.15) is 5.75 Å². The van der Waals surface area contributed by atoms with Gasteiger partial charge in [0.15, 0.2) is 0 Å². The Hall–Kier alpha value is -2.01. The highest BCUT2D eigenvalue weighted by Gasteiger charge is 2.04. The fourth-order valence-electron chi connectivity index (χ4n) is 1.44. The average molecular weight is 275 g/mol. The highest BCUT2D eigenvalue weighted by atomic mass is 32.2. The minimum absolute atomic E-state index is 0.251. The fourth-order valence-corrected chi connectivity index (χ4v) is 2.17. The van der Waals surface area contributed by atoms with Crippen LogP contribution < -0.4 is 4.74 Å². The Morgan fingerprint density at radius 3 is 2.79 bits per heavy atom. The molecule has 0 fully saturated rings. The van der Waals surface area contributed by atoms with E-state index in [0.717, 1.165) is 5.75 Å². The molecule has 0 radical (unpaired) electrons. The second kappa shape index (κ2) is 6.80. The van der Waals surface area contributed by atoms with Crippen molar-refractivity contribution >= 4 is 17.7 Å². The molecule has 2 aromatic rings. The molecular weight excluding hydrogens is 262 g/mol. The molecule has 0 saturated carbocycles. The van der Waals surface area contributed by atoms with E-state index in [1.165, 1.54) is 24.0 Å². The predicted octanol–water partition coefficient (Wildman–Crippen LogP) is 2.95. The van der Waals surface area contributed by atoms with E-state index in [9.17, 15) is 4.79 Å². The van der Waals surface area contributed by atoms with E-state index in [2.05, 4.69) is 4.98 Å². The number of carbonyl (C=O) groups is 1. The highest BCUT2D eigenvalue weighted by molar-refractivity contribution is 7.99. The third kappa shape index (κ3) is 4.30. The number of para-hydroxylation sites is 1. The zero-order valence-electron chi connectivity index (χ0n) is 10.2. The van der Waals surface area contributed by atoms with E-state index < -0.39 is 5.97 Å². The summed E-state index contributed by atoms with van der Waals surface area (Å²) < 4.78 is 5.54. The molecule has 0 bridgehead atoms. The molecule has 1 aromatic heterocycles. The second-order valence-corrected chi connectivity index (χ2v) is 4.81. The molecule has 5 heteroatoms. The van der Waals surface area contributed by atoms with E-state index in [1.54, 1.807) is 6.07 Å². The number of ether oxygens (including phenoxy) is 1. The first-order valence-corrected chi connectivity index (χ1v) is 6.74. The first-order chi connectivity index (χ1) is 9.25. The zero-order valence-corrected chi connectivity index (χ0v) is 11.0. The van der Waals surface area contributed by atoms with Crippen molar-refractivity contribution < 1.29 is 14.6 Å². The first-order valence-electron chi connectivity index (χ1n) is 5.76. The van der Waals surface area contributed by atoms with Gasteiger partial charge in [-0.05, 0) is 24.3 Å². The van der Waals surface area contributed by atoms with Crippen LogP contribution in [-0.4, -0.2) is 28.4 Å². The van der Waals surface area contributed by atoms with Gasteiger partial charge in [-0.2, -0.15) is 0 Å². The standard InChI is InChI=1S/C14H13NO3S/c16-14(17)11-6-7-15-13(10-11)19-9-8-18-12-4-2-1-3-5-12/h1-7,10H,8-9H2,(H,16,17). The fraction of sp³-hybridized carbons (Fsp3) is 0.143. The third-order valence-electron chi connectivity index (χ3n) is 2.33. The number of hydrogen-bond donors (Lipinski definition) is 1. The van der Waals surface area contributed by atoms with Crippen LogP contribution >= 0.6 is 11.8 Å². The van der Waals surface area contributed by atoms with Crippen molar-refractivity contribution in [2.75, 3.05) is 12.4 Å². The molecule has 0 amide bonds. The summed E-state index contributed by atoms with van der Waals surface area (Å²) in [6.07, 6.45) is 1.50. The summed E-state index contributed by atoms with van der Waals surface area (Å²) in [4.78, 5) is 14.9. The number of aromatic carboxylic acids is 1. The Morgan fingerprint density at radius 2 is 2.05 bits per heavy atom. The SMILES string of the molecule is O=C(O)c1ccnc(SCCOc2ccccc2)c1. The Balaban J connectivity index is 1.80. The van der Waals surface area contributed by atoms with Crippen LogP contribution in [0.3, 0.4) is 0 Å². The summed E-state index contributed by atoms with van der Waals surface area (Å²) in [5.74, 6) is 0.602. The van der Waals surface area contributed by atoms with Crippen LogP contribution in [0.5, 0.6) is 5.75 Å². The van der Waals surface area contributed by atoms with Crippen molar-refractivity contribution in [3.63, 3.8) is 0 Å². The summed E-state index contributed by atoms with van der Waals surface area (Å²) in [6.45, 7) is 0.549. The van der Waals surface area contributed by atoms with Gasteiger partial charge in [0.2, 0.25) is 0 Å². The maximum absolute atomic E-state index is 10.8. The number of benzene rings is 1. The molecule has 0 saturated heterocycles. The van der Waals surface area contributed by atoms with Crippen molar-refractivity contribution in [3.05, 3.63) is 54.2 Å². The van der Waals surface area contributed by atoms with Crippen molar-refractivity contribution in [1.82, 2.24) is 4.98 Å². The molecule has 1 aromatic carbocycles. The van der Waals surface area contributed by atoms with Gasteiger partial charge in [-0.1, -0.05) is 18.2 Å². The van der Waals surface area contributed by atoms with Gasteiger partial charge >= 0.3 is 5.97 Å². The van der Waals surface area contributed by atoms with Gasteiger partial charge < -0.3 is 9.84 Å². The van der Waals surface area contributed by atoms with Crippen LogP contribution in [0.4, 0.5) is 0 Å². The second-order valence-electron chi connectivity index (χ2n) is 3.70. The van der Waals surface area contributed by atoms with Gasteiger partial charge in [0.05, 0.1) is 17.2 Å². The van der Waals surface area contributed by atoms with Crippen LogP contribution in [0.1, 0.15) is 10.4 Å². The zero-order chi connectivity index (χ0) is 13.5. The molecule has 4 nitrogen and oxygen atoms in total. The molecule has 0 unspecified atom stereocenters. The van der Waals surface area contributed by atoms with E-state index in [4.69, 9.17) is 9.84 Å². The summed E-state index contributed by atoms with van der Waals surface area (Å²) in [6, 6.07) is 12.6. The van der Waals surface area contributed by atoms with Gasteiger partial charge in [-0.15, -0.1) is 11.8 Å². The Kier molecular flexibility index (Phi) is 4.80. The molecule has 19 heavy (non-hydrogen) atoms. The van der Waals surface area contributed by atoms with Crippen LogP contribution in [0.15, 0.2) is 53.7 Å². The Labute approximate surface area is 115 Å². The molecule has 0 aliphatic heterocycles. The number of rotatable bonds is 6. The quantitative estimate of drug-likeness (QED) is 0.648. The van der Waals surface area contributed by atoms with Crippen molar-refractivity contribution in [2.24, 2.45) is 0 Å². The molecule has 0 aliphatic rings. The van der Waals surface area contributed by atoms with Gasteiger partial charge in [0, 0.05) is 11.9 Å². The van der Waals surface area contributed by atoms with Gasteiger partial charge in [-0.25, -0.2) is 9.78 Å². The Bertz CT molecular complexity index is 545. The summed E-state index contributed by atoms with van der Waals surface area (Å²) >= 11 is 1.47. The molecule has 98 valence electrons. The number of carboxylic acids is 1. The third-order valence-corrected chi connectivity index (χ3v) is 3.22. The maximum atomic E-state index is 10.8. The lowest BCUT2D eigenvalue weighted by Crippen LogP contribution is -2.01. The predicted molar refractivity (Wildman–Crippen MR) is 73.9 cm³/mol. The molecule has 0 spiro atoms. The number of thioether (sulfide) groups is 1. The van der Waals surface area contributed by atoms with Crippen LogP contribution in [-0.2, 0) is 0 Å². The van der Waals surface area contributed by atoms with Crippen LogP contribution in [0.25, 0.3) is 0 Å². The van der Waals surface area contributed by atoms with Gasteiger partial charge in [0.25, 0.3) is 0 Å². The molecule has 1 N–H and O–H groups in total. The minimum atomic E-state index is -0.940. The van der Waals surface area contributed by atoms with E-state index in [-0.39, 0.29) is 5.56 Å². The smallest absolute Gasteiger partial charge is 0.335 e. The molecule has 0 atom stereocenters. The van der Waals surface area contributed by atoms with Crippen molar-refractivity contribution in [1.29, 1.82) is 0 Å². The maximum Gasteiger partial charge on any atom is 0.335 e. The van der Waals surface area contributed by atoms with E-state index >= 15 is 0 Å². The lowest BCUT2D eigenvalue weighted by atomic mass is 10.3. The largest absolute Gasteiger partial charge is 0.493 e.